The van der Waals surface area contributed by atoms with Crippen molar-refractivity contribution in [2.45, 2.75) is 6.42 Å². The van der Waals surface area contributed by atoms with E-state index in [-0.39, 0.29) is 0 Å². The molecule has 0 radical (unpaired) electrons. The minimum absolute atomic E-state index is 0.776. The molecule has 0 atom stereocenters. The molecule has 0 bridgehead atoms. The van der Waals surface area contributed by atoms with Gasteiger partial charge in [0.05, 0.1) is 23.1 Å². The zero-order valence-corrected chi connectivity index (χ0v) is 10.1. The van der Waals surface area contributed by atoms with Crippen molar-refractivity contribution in [2.24, 2.45) is 0 Å². The molecule has 1 heterocycles. The van der Waals surface area contributed by atoms with Gasteiger partial charge in [-0.15, -0.1) is 0 Å². The number of aromatic amines is 1. The number of benzene rings is 1. The Bertz CT molecular complexity index is 466. The molecule has 0 aliphatic heterocycles. The van der Waals surface area contributed by atoms with Gasteiger partial charge in [0.2, 0.25) is 0 Å². The van der Waals surface area contributed by atoms with Gasteiger partial charge in [0.25, 0.3) is 0 Å². The van der Waals surface area contributed by atoms with E-state index in [0.29, 0.717) is 0 Å². The first kappa shape index (κ1) is 11.1. The molecule has 0 unspecified atom stereocenters. The van der Waals surface area contributed by atoms with Crippen LogP contribution in [0.5, 0.6) is 0 Å². The third-order valence-electron chi connectivity index (χ3n) is 2.45. The summed E-state index contributed by atoms with van der Waals surface area (Å²) >= 11 is 1.86. The number of hydrogen-bond donors (Lipinski definition) is 3. The van der Waals surface area contributed by atoms with Gasteiger partial charge < -0.3 is 11.1 Å². The molecule has 1 aromatic heterocycles. The van der Waals surface area contributed by atoms with E-state index in [0.717, 1.165) is 35.2 Å². The van der Waals surface area contributed by atoms with Crippen LogP contribution in [0.15, 0.2) is 18.3 Å². The molecule has 2 rings (SSSR count). The highest BCUT2D eigenvalue weighted by Crippen LogP contribution is 2.24. The zero-order chi connectivity index (χ0) is 11.4. The Morgan fingerprint density at radius 2 is 2.38 bits per heavy atom. The summed E-state index contributed by atoms with van der Waals surface area (Å²) in [4.78, 5) is 0. The van der Waals surface area contributed by atoms with E-state index in [2.05, 4.69) is 21.8 Å². The maximum absolute atomic E-state index is 5.95. The number of nitrogens with zero attached hydrogens (tertiary/aromatic N) is 1. The van der Waals surface area contributed by atoms with Gasteiger partial charge in [-0.3, -0.25) is 5.10 Å². The van der Waals surface area contributed by atoms with Gasteiger partial charge in [-0.05, 0) is 30.6 Å². The summed E-state index contributed by atoms with van der Waals surface area (Å²) in [5.41, 5.74) is 8.73. The monoisotopic (exact) mass is 236 g/mol. The quantitative estimate of drug-likeness (QED) is 0.550. The number of hydrogen-bond acceptors (Lipinski definition) is 4. The summed E-state index contributed by atoms with van der Waals surface area (Å²) in [6.07, 6.45) is 5.04. The minimum Gasteiger partial charge on any atom is -0.397 e. The Morgan fingerprint density at radius 3 is 3.19 bits per heavy atom. The molecule has 2 aromatic rings. The lowest BCUT2D eigenvalue weighted by Crippen LogP contribution is -2.04. The Balaban J connectivity index is 2.07. The average molecular weight is 236 g/mol. The third kappa shape index (κ3) is 2.41. The molecular weight excluding hydrogens is 220 g/mol. The van der Waals surface area contributed by atoms with Crippen molar-refractivity contribution in [1.82, 2.24) is 10.2 Å². The molecule has 0 aliphatic rings. The van der Waals surface area contributed by atoms with E-state index < -0.39 is 0 Å². The number of nitrogen functional groups attached to an aromatic ring is 1. The molecule has 86 valence electrons. The molecule has 5 heteroatoms. The molecule has 4 nitrogen and oxygen atoms in total. The molecule has 0 saturated heterocycles. The highest BCUT2D eigenvalue weighted by Gasteiger charge is 2.02. The Kier molecular flexibility index (Phi) is 3.56. The molecule has 4 N–H and O–H groups in total. The second-order valence-electron chi connectivity index (χ2n) is 3.67. The summed E-state index contributed by atoms with van der Waals surface area (Å²) in [6.45, 7) is 0.949. The molecule has 1 aromatic carbocycles. The number of anilines is 2. The van der Waals surface area contributed by atoms with Crippen molar-refractivity contribution in [3.63, 3.8) is 0 Å². The third-order valence-corrected chi connectivity index (χ3v) is 3.15. The molecule has 0 fully saturated rings. The van der Waals surface area contributed by atoms with Gasteiger partial charge >= 0.3 is 0 Å². The fourth-order valence-electron chi connectivity index (χ4n) is 1.60. The predicted octanol–water partition coefficient (Wildman–Crippen LogP) is 2.31. The average Bonchev–Trinajstić information content (AvgIpc) is 2.71. The van der Waals surface area contributed by atoms with Crippen molar-refractivity contribution < 1.29 is 0 Å². The van der Waals surface area contributed by atoms with Crippen LogP contribution in [-0.4, -0.2) is 28.8 Å². The first-order chi connectivity index (χ1) is 7.81. The van der Waals surface area contributed by atoms with Crippen LogP contribution < -0.4 is 11.1 Å². The first-order valence-electron chi connectivity index (χ1n) is 5.26. The second kappa shape index (κ2) is 5.12. The first-order valence-corrected chi connectivity index (χ1v) is 6.66. The van der Waals surface area contributed by atoms with Gasteiger partial charge in [0, 0.05) is 11.9 Å². The molecule has 0 amide bonds. The summed E-state index contributed by atoms with van der Waals surface area (Å²) < 4.78 is 0. The van der Waals surface area contributed by atoms with Gasteiger partial charge in [-0.2, -0.15) is 16.9 Å². The van der Waals surface area contributed by atoms with Crippen LogP contribution in [0, 0.1) is 0 Å². The largest absolute Gasteiger partial charge is 0.397 e. The molecule has 0 saturated carbocycles. The lowest BCUT2D eigenvalue weighted by Gasteiger charge is -2.08. The Hall–Kier alpha value is -1.36. The molecule has 16 heavy (non-hydrogen) atoms. The Morgan fingerprint density at radius 1 is 1.50 bits per heavy atom. The lowest BCUT2D eigenvalue weighted by atomic mass is 10.2. The van der Waals surface area contributed by atoms with Crippen LogP contribution in [-0.2, 0) is 0 Å². The summed E-state index contributed by atoms with van der Waals surface area (Å²) in [7, 11) is 0. The van der Waals surface area contributed by atoms with E-state index in [1.807, 2.05) is 23.9 Å². The van der Waals surface area contributed by atoms with Crippen molar-refractivity contribution in [1.29, 1.82) is 0 Å². The zero-order valence-electron chi connectivity index (χ0n) is 9.29. The highest BCUT2D eigenvalue weighted by atomic mass is 32.2. The van der Waals surface area contributed by atoms with E-state index in [1.165, 1.54) is 5.75 Å². The second-order valence-corrected chi connectivity index (χ2v) is 4.66. The van der Waals surface area contributed by atoms with E-state index >= 15 is 0 Å². The van der Waals surface area contributed by atoms with Crippen molar-refractivity contribution in [3.8, 4) is 0 Å². The topological polar surface area (TPSA) is 66.7 Å². The number of nitrogens with two attached hydrogens (primary N) is 1. The van der Waals surface area contributed by atoms with Gasteiger partial charge in [0.1, 0.15) is 0 Å². The number of rotatable bonds is 5. The van der Waals surface area contributed by atoms with Gasteiger partial charge in [0.15, 0.2) is 0 Å². The van der Waals surface area contributed by atoms with Crippen LogP contribution in [0.1, 0.15) is 6.42 Å². The molecule has 0 aliphatic carbocycles. The van der Waals surface area contributed by atoms with Crippen LogP contribution in [0.4, 0.5) is 11.4 Å². The Labute approximate surface area is 99.0 Å². The fourth-order valence-corrected chi connectivity index (χ4v) is 2.03. The normalized spacial score (nSPS) is 10.8. The lowest BCUT2D eigenvalue weighted by molar-refractivity contribution is 0.994. The smallest absolute Gasteiger partial charge is 0.0672 e. The number of nitrogens with one attached hydrogen (secondary N) is 2. The van der Waals surface area contributed by atoms with Crippen molar-refractivity contribution >= 4 is 34.0 Å². The maximum atomic E-state index is 5.95. The van der Waals surface area contributed by atoms with Crippen LogP contribution in [0.3, 0.4) is 0 Å². The number of aromatic nitrogens is 2. The number of H-pyrrole nitrogens is 1. The maximum Gasteiger partial charge on any atom is 0.0672 e. The standard InChI is InChI=1S/C11H16N4S/c1-16-4-2-3-13-11-6-10-8(5-9(11)12)7-14-15-10/h5-7,13H,2-4,12H2,1H3,(H,14,15). The molecular formula is C11H16N4S. The van der Waals surface area contributed by atoms with E-state index in [9.17, 15) is 0 Å². The summed E-state index contributed by atoms with van der Waals surface area (Å²) in [5.74, 6) is 1.17. The fraction of sp³-hybridized carbons (Fsp3) is 0.364. The van der Waals surface area contributed by atoms with Crippen molar-refractivity contribution in [3.05, 3.63) is 18.3 Å². The van der Waals surface area contributed by atoms with Crippen LogP contribution in [0.25, 0.3) is 10.9 Å². The van der Waals surface area contributed by atoms with Gasteiger partial charge in [-0.25, -0.2) is 0 Å². The summed E-state index contributed by atoms with van der Waals surface area (Å²) in [5, 5.41) is 11.3. The number of thioether (sulfide) groups is 1. The number of fused-ring (bicyclic) bond motifs is 1. The van der Waals surface area contributed by atoms with E-state index in [1.54, 1.807) is 6.20 Å². The SMILES string of the molecule is CSCCCNc1cc2[nH]ncc2cc1N. The molecule has 0 spiro atoms. The van der Waals surface area contributed by atoms with Gasteiger partial charge in [-0.1, -0.05) is 0 Å². The highest BCUT2D eigenvalue weighted by molar-refractivity contribution is 7.98. The van der Waals surface area contributed by atoms with E-state index in [4.69, 9.17) is 5.73 Å². The summed E-state index contributed by atoms with van der Waals surface area (Å²) in [6, 6.07) is 3.95. The van der Waals surface area contributed by atoms with Crippen LogP contribution >= 0.6 is 11.8 Å². The predicted molar refractivity (Wildman–Crippen MR) is 72.0 cm³/mol. The minimum atomic E-state index is 0.776. The van der Waals surface area contributed by atoms with Crippen LogP contribution in [0.2, 0.25) is 0 Å². The van der Waals surface area contributed by atoms with Crippen molar-refractivity contribution in [2.75, 3.05) is 29.6 Å².